The zero-order valence-electron chi connectivity index (χ0n) is 10.6. The quantitative estimate of drug-likeness (QED) is 0.493. The van der Waals surface area contributed by atoms with Gasteiger partial charge in [0.1, 0.15) is 9.84 Å². The van der Waals surface area contributed by atoms with Crippen LogP contribution in [0.4, 0.5) is 5.69 Å². The first-order chi connectivity index (χ1) is 8.85. The summed E-state index contributed by atoms with van der Waals surface area (Å²) in [5.74, 6) is -0.490. The van der Waals surface area contributed by atoms with Crippen molar-refractivity contribution in [3.8, 4) is 0 Å². The van der Waals surface area contributed by atoms with E-state index in [1.165, 1.54) is 12.1 Å². The summed E-state index contributed by atoms with van der Waals surface area (Å²) in [5.41, 5.74) is 6.18. The number of carbonyl (C=O) groups is 1. The Balaban J connectivity index is 2.48. The zero-order valence-corrected chi connectivity index (χ0v) is 12.1. The first-order valence-electron chi connectivity index (χ1n) is 5.78. The average Bonchev–Trinajstić information content (AvgIpc) is 2.34. The molecule has 7 heteroatoms. The van der Waals surface area contributed by atoms with Gasteiger partial charge in [-0.1, -0.05) is 18.5 Å². The van der Waals surface area contributed by atoms with E-state index in [0.29, 0.717) is 5.69 Å². The van der Waals surface area contributed by atoms with Crippen LogP contribution >= 0.6 is 11.6 Å². The van der Waals surface area contributed by atoms with Crippen LogP contribution in [0.5, 0.6) is 0 Å². The first-order valence-corrected chi connectivity index (χ1v) is 7.98. The minimum Gasteiger partial charge on any atom is -0.462 e. The Morgan fingerprint density at radius 1 is 1.42 bits per heavy atom. The van der Waals surface area contributed by atoms with Crippen molar-refractivity contribution in [2.45, 2.75) is 13.3 Å². The highest BCUT2D eigenvalue weighted by Gasteiger charge is 2.13. The highest BCUT2D eigenvalue weighted by molar-refractivity contribution is 7.91. The molecule has 0 aromatic heterocycles. The van der Waals surface area contributed by atoms with Crippen LogP contribution in [0.25, 0.3) is 0 Å². The van der Waals surface area contributed by atoms with Crippen LogP contribution in [0.1, 0.15) is 23.7 Å². The van der Waals surface area contributed by atoms with E-state index in [0.717, 1.165) is 0 Å². The largest absolute Gasteiger partial charge is 0.462 e. The summed E-state index contributed by atoms with van der Waals surface area (Å²) >= 11 is 5.86. The maximum atomic E-state index is 11.7. The van der Waals surface area contributed by atoms with Crippen LogP contribution in [0.2, 0.25) is 5.02 Å². The van der Waals surface area contributed by atoms with Crippen molar-refractivity contribution in [2.75, 3.05) is 23.8 Å². The van der Waals surface area contributed by atoms with Crippen LogP contribution in [-0.4, -0.2) is 32.5 Å². The van der Waals surface area contributed by atoms with Crippen molar-refractivity contribution in [3.05, 3.63) is 28.8 Å². The van der Waals surface area contributed by atoms with Crippen molar-refractivity contribution in [2.24, 2.45) is 0 Å². The Bertz CT molecular complexity index is 557. The number of halogens is 1. The van der Waals surface area contributed by atoms with Gasteiger partial charge in [-0.15, -0.1) is 0 Å². The minimum atomic E-state index is -3.03. The molecule has 5 nitrogen and oxygen atoms in total. The van der Waals surface area contributed by atoms with Gasteiger partial charge in [0.05, 0.1) is 22.9 Å². The van der Waals surface area contributed by atoms with Gasteiger partial charge >= 0.3 is 5.97 Å². The third kappa shape index (κ3) is 5.08. The molecule has 0 amide bonds. The zero-order chi connectivity index (χ0) is 14.5. The lowest BCUT2D eigenvalue weighted by Gasteiger charge is -2.06. The molecule has 2 N–H and O–H groups in total. The second-order valence-electron chi connectivity index (χ2n) is 3.97. The molecule has 1 aromatic carbocycles. The van der Waals surface area contributed by atoms with Gasteiger partial charge in [0, 0.05) is 11.4 Å². The Labute approximate surface area is 117 Å². The molecular formula is C12H16ClNO4S. The van der Waals surface area contributed by atoms with Crippen molar-refractivity contribution in [1.82, 2.24) is 0 Å². The van der Waals surface area contributed by atoms with Gasteiger partial charge in [0.2, 0.25) is 0 Å². The van der Waals surface area contributed by atoms with Gasteiger partial charge in [-0.3, -0.25) is 0 Å². The van der Waals surface area contributed by atoms with Gasteiger partial charge in [0.25, 0.3) is 0 Å². The summed E-state index contributed by atoms with van der Waals surface area (Å²) in [4.78, 5) is 11.7. The predicted molar refractivity (Wildman–Crippen MR) is 75.1 cm³/mol. The van der Waals surface area contributed by atoms with Gasteiger partial charge in [-0.2, -0.15) is 0 Å². The fraction of sp³-hybridized carbons (Fsp3) is 0.417. The fourth-order valence-corrected chi connectivity index (χ4v) is 2.48. The van der Waals surface area contributed by atoms with E-state index >= 15 is 0 Å². The minimum absolute atomic E-state index is 0.00620. The maximum absolute atomic E-state index is 11.7. The normalized spacial score (nSPS) is 11.3. The molecule has 1 aromatic rings. The predicted octanol–water partition coefficient (Wildman–Crippen LogP) is 1.90. The van der Waals surface area contributed by atoms with Crippen LogP contribution < -0.4 is 5.73 Å². The molecule has 106 valence electrons. The summed E-state index contributed by atoms with van der Waals surface area (Å²) in [7, 11) is -3.03. The van der Waals surface area contributed by atoms with Gasteiger partial charge in [-0.05, 0) is 24.6 Å². The van der Waals surface area contributed by atoms with Crippen LogP contribution in [0.15, 0.2) is 18.2 Å². The third-order valence-corrected chi connectivity index (χ3v) is 4.59. The highest BCUT2D eigenvalue weighted by Crippen LogP contribution is 2.19. The van der Waals surface area contributed by atoms with Gasteiger partial charge < -0.3 is 10.5 Å². The summed E-state index contributed by atoms with van der Waals surface area (Å²) in [6, 6.07) is 4.48. The van der Waals surface area contributed by atoms with Crippen molar-refractivity contribution in [3.63, 3.8) is 0 Å². The SMILES string of the molecule is CCS(=O)(=O)CCCOC(=O)c1ccc(N)cc1Cl. The molecule has 0 aliphatic carbocycles. The molecule has 0 saturated heterocycles. The number of nitrogens with two attached hydrogens (primary N) is 1. The van der Waals surface area contributed by atoms with E-state index in [4.69, 9.17) is 22.1 Å². The summed E-state index contributed by atoms with van der Waals surface area (Å²) < 4.78 is 27.4. The Kier molecular flexibility index (Phi) is 5.62. The van der Waals surface area contributed by atoms with E-state index in [2.05, 4.69) is 0 Å². The molecule has 19 heavy (non-hydrogen) atoms. The van der Waals surface area contributed by atoms with Crippen molar-refractivity contribution >= 4 is 33.1 Å². The monoisotopic (exact) mass is 305 g/mol. The topological polar surface area (TPSA) is 86.5 Å². The lowest BCUT2D eigenvalue weighted by atomic mass is 10.2. The van der Waals surface area contributed by atoms with Gasteiger partial charge in [0.15, 0.2) is 0 Å². The molecule has 0 fully saturated rings. The number of hydrogen-bond acceptors (Lipinski definition) is 5. The van der Waals surface area contributed by atoms with Crippen LogP contribution in [0, 0.1) is 0 Å². The van der Waals surface area contributed by atoms with Crippen molar-refractivity contribution < 1.29 is 17.9 Å². The fourth-order valence-electron chi connectivity index (χ4n) is 1.36. The Morgan fingerprint density at radius 2 is 2.11 bits per heavy atom. The molecule has 0 aliphatic heterocycles. The molecule has 0 atom stereocenters. The Morgan fingerprint density at radius 3 is 2.68 bits per heavy atom. The summed E-state index contributed by atoms with van der Waals surface area (Å²) in [6.07, 6.45) is 0.272. The molecule has 0 aliphatic rings. The van der Waals surface area contributed by atoms with E-state index in [-0.39, 0.29) is 35.1 Å². The molecule has 0 bridgehead atoms. The molecule has 0 unspecified atom stereocenters. The standard InChI is InChI=1S/C12H16ClNO4S/c1-2-19(16,17)7-3-6-18-12(15)10-5-4-9(14)8-11(10)13/h4-5,8H,2-3,6-7,14H2,1H3. The lowest BCUT2D eigenvalue weighted by molar-refractivity contribution is 0.0506. The molecule has 0 radical (unpaired) electrons. The second kappa shape index (κ2) is 6.77. The molecular weight excluding hydrogens is 290 g/mol. The van der Waals surface area contributed by atoms with E-state index in [1.807, 2.05) is 0 Å². The number of nitrogen functional groups attached to an aromatic ring is 1. The molecule has 0 spiro atoms. The molecule has 1 rings (SSSR count). The van der Waals surface area contributed by atoms with Crippen molar-refractivity contribution in [1.29, 1.82) is 0 Å². The van der Waals surface area contributed by atoms with E-state index in [9.17, 15) is 13.2 Å². The first kappa shape index (κ1) is 15.8. The van der Waals surface area contributed by atoms with E-state index < -0.39 is 15.8 Å². The number of esters is 1. The average molecular weight is 306 g/mol. The second-order valence-corrected chi connectivity index (χ2v) is 6.85. The number of ether oxygens (including phenoxy) is 1. The number of rotatable bonds is 6. The maximum Gasteiger partial charge on any atom is 0.339 e. The van der Waals surface area contributed by atoms with E-state index in [1.54, 1.807) is 13.0 Å². The Hall–Kier alpha value is -1.27. The number of hydrogen-bond donors (Lipinski definition) is 1. The summed E-state index contributed by atoms with van der Waals surface area (Å²) in [6.45, 7) is 1.62. The number of sulfone groups is 1. The third-order valence-electron chi connectivity index (χ3n) is 2.49. The van der Waals surface area contributed by atoms with Gasteiger partial charge in [-0.25, -0.2) is 13.2 Å². The molecule has 0 heterocycles. The van der Waals surface area contributed by atoms with Crippen LogP contribution in [-0.2, 0) is 14.6 Å². The smallest absolute Gasteiger partial charge is 0.339 e. The highest BCUT2D eigenvalue weighted by atomic mass is 35.5. The number of anilines is 1. The lowest BCUT2D eigenvalue weighted by Crippen LogP contribution is -2.13. The molecule has 0 saturated carbocycles. The number of carbonyl (C=O) groups excluding carboxylic acids is 1. The summed E-state index contributed by atoms with van der Waals surface area (Å²) in [5, 5.41) is 0.214. The number of benzene rings is 1. The van der Waals surface area contributed by atoms with Crippen LogP contribution in [0.3, 0.4) is 0 Å².